The second-order valence-corrected chi connectivity index (χ2v) is 5.60. The van der Waals surface area contributed by atoms with Crippen molar-refractivity contribution in [3.05, 3.63) is 28.2 Å². The molecule has 0 aliphatic carbocycles. The predicted octanol–water partition coefficient (Wildman–Crippen LogP) is 3.78. The summed E-state index contributed by atoms with van der Waals surface area (Å²) in [5, 5.41) is 3.55. The molecule has 19 heavy (non-hydrogen) atoms. The van der Waals surface area contributed by atoms with E-state index in [1.807, 2.05) is 6.07 Å². The number of ether oxygens (including phenoxy) is 2. The van der Waals surface area contributed by atoms with Gasteiger partial charge in [0.1, 0.15) is 5.75 Å². The van der Waals surface area contributed by atoms with Crippen LogP contribution in [0.3, 0.4) is 0 Å². The van der Waals surface area contributed by atoms with Crippen LogP contribution in [-0.4, -0.2) is 27.4 Å². The Morgan fingerprint density at radius 1 is 1.32 bits per heavy atom. The van der Waals surface area contributed by atoms with Crippen LogP contribution in [-0.2, 0) is 4.74 Å². The highest BCUT2D eigenvalue weighted by molar-refractivity contribution is 9.10. The molecule has 1 aromatic rings. The first-order chi connectivity index (χ1) is 9.13. The fraction of sp³-hybridized carbons (Fsp3) is 0.600. The highest BCUT2D eigenvalue weighted by Gasteiger charge is 2.21. The predicted molar refractivity (Wildman–Crippen MR) is 82.8 cm³/mol. The monoisotopic (exact) mass is 329 g/mol. The number of benzene rings is 1. The molecule has 0 aromatic heterocycles. The van der Waals surface area contributed by atoms with E-state index in [1.54, 1.807) is 14.2 Å². The molecule has 0 amide bonds. The topological polar surface area (TPSA) is 30.5 Å². The molecule has 0 saturated carbocycles. The third kappa shape index (κ3) is 4.79. The zero-order valence-electron chi connectivity index (χ0n) is 12.2. The highest BCUT2D eigenvalue weighted by Crippen LogP contribution is 2.33. The summed E-state index contributed by atoms with van der Waals surface area (Å²) in [4.78, 5) is 0. The molecule has 0 heterocycles. The van der Waals surface area contributed by atoms with Gasteiger partial charge >= 0.3 is 0 Å². The van der Waals surface area contributed by atoms with Gasteiger partial charge in [-0.05, 0) is 31.0 Å². The van der Waals surface area contributed by atoms with Crippen LogP contribution in [0, 0.1) is 5.92 Å². The lowest BCUT2D eigenvalue weighted by Crippen LogP contribution is -2.28. The van der Waals surface area contributed by atoms with E-state index >= 15 is 0 Å². The van der Waals surface area contributed by atoms with Gasteiger partial charge < -0.3 is 14.8 Å². The molecular weight excluding hydrogens is 306 g/mol. The maximum atomic E-state index is 5.51. The van der Waals surface area contributed by atoms with Crippen molar-refractivity contribution in [2.45, 2.75) is 26.3 Å². The van der Waals surface area contributed by atoms with Crippen molar-refractivity contribution >= 4 is 15.9 Å². The molecule has 0 bridgehead atoms. The Morgan fingerprint density at radius 2 is 2.05 bits per heavy atom. The summed E-state index contributed by atoms with van der Waals surface area (Å²) in [5.74, 6) is 1.40. The Morgan fingerprint density at radius 3 is 2.63 bits per heavy atom. The standard InChI is InChI=1S/C15H24BrNO2/c1-5-17-15(11(2)8-9-18-3)13-7-6-12(16)10-14(13)19-4/h6-7,10-11,15,17H,5,8-9H2,1-4H3. The Labute approximate surface area is 124 Å². The van der Waals surface area contributed by atoms with Crippen LogP contribution in [0.25, 0.3) is 0 Å². The normalized spacial score (nSPS) is 14.2. The zero-order valence-corrected chi connectivity index (χ0v) is 13.8. The summed E-state index contributed by atoms with van der Waals surface area (Å²) in [7, 11) is 3.46. The maximum absolute atomic E-state index is 5.51. The van der Waals surface area contributed by atoms with Crippen LogP contribution < -0.4 is 10.1 Å². The van der Waals surface area contributed by atoms with E-state index in [1.165, 1.54) is 5.56 Å². The average Bonchev–Trinajstić information content (AvgIpc) is 2.42. The highest BCUT2D eigenvalue weighted by atomic mass is 79.9. The lowest BCUT2D eigenvalue weighted by Gasteiger charge is -2.26. The minimum Gasteiger partial charge on any atom is -0.496 e. The first-order valence-corrected chi connectivity index (χ1v) is 7.49. The van der Waals surface area contributed by atoms with E-state index in [2.05, 4.69) is 47.2 Å². The van der Waals surface area contributed by atoms with Crippen molar-refractivity contribution < 1.29 is 9.47 Å². The number of rotatable bonds is 8. The number of hydrogen-bond acceptors (Lipinski definition) is 3. The van der Waals surface area contributed by atoms with E-state index in [0.29, 0.717) is 5.92 Å². The van der Waals surface area contributed by atoms with Gasteiger partial charge in [0.2, 0.25) is 0 Å². The van der Waals surface area contributed by atoms with Crippen LogP contribution in [0.4, 0.5) is 0 Å². The largest absolute Gasteiger partial charge is 0.496 e. The molecule has 0 aliphatic rings. The van der Waals surface area contributed by atoms with Gasteiger partial charge in [0.25, 0.3) is 0 Å². The van der Waals surface area contributed by atoms with Gasteiger partial charge in [-0.15, -0.1) is 0 Å². The van der Waals surface area contributed by atoms with E-state index < -0.39 is 0 Å². The van der Waals surface area contributed by atoms with E-state index in [4.69, 9.17) is 9.47 Å². The summed E-state index contributed by atoms with van der Waals surface area (Å²) in [6.07, 6.45) is 1.02. The third-order valence-corrected chi connectivity index (χ3v) is 3.79. The van der Waals surface area contributed by atoms with Crippen LogP contribution in [0.15, 0.2) is 22.7 Å². The maximum Gasteiger partial charge on any atom is 0.124 e. The average molecular weight is 330 g/mol. The lowest BCUT2D eigenvalue weighted by molar-refractivity contribution is 0.170. The van der Waals surface area contributed by atoms with Gasteiger partial charge in [-0.25, -0.2) is 0 Å². The Kier molecular flexibility index (Phi) is 7.42. The van der Waals surface area contributed by atoms with E-state index in [-0.39, 0.29) is 6.04 Å². The van der Waals surface area contributed by atoms with Crippen molar-refractivity contribution in [1.29, 1.82) is 0 Å². The van der Waals surface area contributed by atoms with Crippen LogP contribution in [0.5, 0.6) is 5.75 Å². The number of halogens is 1. The number of nitrogens with one attached hydrogen (secondary N) is 1. The molecular formula is C15H24BrNO2. The minimum atomic E-state index is 0.281. The van der Waals surface area contributed by atoms with Gasteiger partial charge in [0, 0.05) is 29.8 Å². The molecule has 1 aromatic carbocycles. The van der Waals surface area contributed by atoms with Gasteiger partial charge in [0.15, 0.2) is 0 Å². The summed E-state index contributed by atoms with van der Waals surface area (Å²) in [6.45, 7) is 6.08. The smallest absolute Gasteiger partial charge is 0.124 e. The fourth-order valence-corrected chi connectivity index (χ4v) is 2.59. The molecule has 1 N–H and O–H groups in total. The molecule has 0 fully saturated rings. The first kappa shape index (κ1) is 16.5. The van der Waals surface area contributed by atoms with Crippen LogP contribution in [0.1, 0.15) is 31.9 Å². The molecule has 0 spiro atoms. The third-order valence-electron chi connectivity index (χ3n) is 3.30. The summed E-state index contributed by atoms with van der Waals surface area (Å²) in [5.41, 5.74) is 1.20. The molecule has 0 aliphatic heterocycles. The molecule has 0 saturated heterocycles. The SMILES string of the molecule is CCNC(c1ccc(Br)cc1OC)C(C)CCOC. The quantitative estimate of drug-likeness (QED) is 0.787. The van der Waals surface area contributed by atoms with Crippen molar-refractivity contribution in [2.75, 3.05) is 27.4 Å². The van der Waals surface area contributed by atoms with Gasteiger partial charge in [-0.3, -0.25) is 0 Å². The van der Waals surface area contributed by atoms with Crippen LogP contribution in [0.2, 0.25) is 0 Å². The van der Waals surface area contributed by atoms with Crippen molar-refractivity contribution in [1.82, 2.24) is 5.32 Å². The second kappa shape index (κ2) is 8.56. The Balaban J connectivity index is 2.97. The molecule has 3 nitrogen and oxygen atoms in total. The van der Waals surface area contributed by atoms with Gasteiger partial charge in [-0.1, -0.05) is 35.8 Å². The summed E-state index contributed by atoms with van der Waals surface area (Å²) in [6, 6.07) is 6.48. The van der Waals surface area contributed by atoms with E-state index in [9.17, 15) is 0 Å². The zero-order chi connectivity index (χ0) is 14.3. The fourth-order valence-electron chi connectivity index (χ4n) is 2.25. The lowest BCUT2D eigenvalue weighted by atomic mass is 9.91. The Hall–Kier alpha value is -0.580. The number of methoxy groups -OCH3 is 2. The molecule has 108 valence electrons. The Bertz CT molecular complexity index is 384. The van der Waals surface area contributed by atoms with Crippen molar-refractivity contribution in [3.63, 3.8) is 0 Å². The van der Waals surface area contributed by atoms with Crippen molar-refractivity contribution in [3.8, 4) is 5.75 Å². The molecule has 1 rings (SSSR count). The van der Waals surface area contributed by atoms with Gasteiger partial charge in [-0.2, -0.15) is 0 Å². The summed E-state index contributed by atoms with van der Waals surface area (Å²) < 4.78 is 11.7. The first-order valence-electron chi connectivity index (χ1n) is 6.69. The molecule has 2 unspecified atom stereocenters. The van der Waals surface area contributed by atoms with E-state index in [0.717, 1.165) is 29.8 Å². The summed E-state index contributed by atoms with van der Waals surface area (Å²) >= 11 is 3.48. The van der Waals surface area contributed by atoms with Crippen molar-refractivity contribution in [2.24, 2.45) is 5.92 Å². The van der Waals surface area contributed by atoms with Gasteiger partial charge in [0.05, 0.1) is 7.11 Å². The molecule has 4 heteroatoms. The molecule has 0 radical (unpaired) electrons. The minimum absolute atomic E-state index is 0.281. The second-order valence-electron chi connectivity index (χ2n) is 4.68. The van der Waals surface area contributed by atoms with Crippen LogP contribution >= 0.6 is 15.9 Å². The molecule has 2 atom stereocenters. The number of hydrogen-bond donors (Lipinski definition) is 1.